The van der Waals surface area contributed by atoms with E-state index < -0.39 is 10.8 Å². The van der Waals surface area contributed by atoms with E-state index in [2.05, 4.69) is 5.32 Å². The summed E-state index contributed by atoms with van der Waals surface area (Å²) in [6.45, 7) is 1.67. The largest absolute Gasteiger partial charge is 0.349 e. The van der Waals surface area contributed by atoms with Crippen LogP contribution in [0.3, 0.4) is 0 Å². The molecule has 1 N–H and O–H groups in total. The van der Waals surface area contributed by atoms with Gasteiger partial charge in [-0.2, -0.15) is 5.26 Å². The van der Waals surface area contributed by atoms with Crippen molar-refractivity contribution in [3.05, 3.63) is 38.9 Å². The Morgan fingerprint density at radius 1 is 1.61 bits per heavy atom. The van der Waals surface area contributed by atoms with Crippen molar-refractivity contribution in [3.8, 4) is 6.07 Å². The first-order valence-corrected chi connectivity index (χ1v) is 5.44. The number of carbonyl (C=O) groups excluding carboxylic acids is 1. The molecule has 0 fully saturated rings. The first kappa shape index (κ1) is 13.9. The minimum absolute atomic E-state index is 0.0963. The van der Waals surface area contributed by atoms with Crippen LogP contribution in [0.2, 0.25) is 5.02 Å². The molecule has 0 heterocycles. The molecule has 1 rings (SSSR count). The number of nitro groups is 1. The van der Waals surface area contributed by atoms with E-state index in [1.807, 2.05) is 6.07 Å². The number of carbonyl (C=O) groups is 1. The van der Waals surface area contributed by atoms with E-state index in [9.17, 15) is 14.9 Å². The Labute approximate surface area is 108 Å². The molecule has 0 saturated heterocycles. The third-order valence-corrected chi connectivity index (χ3v) is 2.35. The minimum atomic E-state index is -0.624. The maximum atomic E-state index is 11.8. The van der Waals surface area contributed by atoms with Gasteiger partial charge in [0, 0.05) is 28.8 Å². The maximum Gasteiger partial charge on any atom is 0.271 e. The summed E-state index contributed by atoms with van der Waals surface area (Å²) in [4.78, 5) is 21.8. The summed E-state index contributed by atoms with van der Waals surface area (Å²) in [6, 6.07) is 5.22. The number of halogens is 1. The number of nitrogens with zero attached hydrogens (tertiary/aromatic N) is 2. The van der Waals surface area contributed by atoms with Crippen LogP contribution in [-0.4, -0.2) is 16.9 Å². The normalized spacial score (nSPS) is 11.4. The highest BCUT2D eigenvalue weighted by molar-refractivity contribution is 6.31. The molecule has 0 spiro atoms. The van der Waals surface area contributed by atoms with Crippen LogP contribution in [0, 0.1) is 21.4 Å². The van der Waals surface area contributed by atoms with Gasteiger partial charge in [-0.1, -0.05) is 11.6 Å². The first-order chi connectivity index (χ1) is 8.43. The highest BCUT2D eigenvalue weighted by Gasteiger charge is 2.15. The van der Waals surface area contributed by atoms with Crippen LogP contribution in [0.5, 0.6) is 0 Å². The number of benzene rings is 1. The summed E-state index contributed by atoms with van der Waals surface area (Å²) in [7, 11) is 0. The average Bonchev–Trinajstić information content (AvgIpc) is 2.28. The predicted octanol–water partition coefficient (Wildman–Crippen LogP) is 2.28. The Morgan fingerprint density at radius 3 is 2.83 bits per heavy atom. The molecule has 94 valence electrons. The highest BCUT2D eigenvalue weighted by atomic mass is 35.5. The summed E-state index contributed by atoms with van der Waals surface area (Å²) in [5.41, 5.74) is -0.153. The van der Waals surface area contributed by atoms with Gasteiger partial charge in [0.1, 0.15) is 0 Å². The Morgan fingerprint density at radius 2 is 2.28 bits per heavy atom. The summed E-state index contributed by atoms with van der Waals surface area (Å²) >= 11 is 5.70. The summed E-state index contributed by atoms with van der Waals surface area (Å²) in [5, 5.41) is 21.8. The number of nitriles is 1. The van der Waals surface area contributed by atoms with Gasteiger partial charge in [0.2, 0.25) is 0 Å². The molecule has 0 aliphatic heterocycles. The van der Waals surface area contributed by atoms with Gasteiger partial charge in [0.15, 0.2) is 0 Å². The van der Waals surface area contributed by atoms with Crippen LogP contribution in [0.4, 0.5) is 5.69 Å². The standard InChI is InChI=1S/C11H10ClN3O3/c1-7(2-3-13)14-11(16)8-4-9(12)6-10(5-8)15(17)18/h4-7H,2H2,1H3,(H,14,16). The van der Waals surface area contributed by atoms with Gasteiger partial charge in [0.05, 0.1) is 17.4 Å². The lowest BCUT2D eigenvalue weighted by molar-refractivity contribution is -0.384. The van der Waals surface area contributed by atoms with Crippen LogP contribution < -0.4 is 5.32 Å². The van der Waals surface area contributed by atoms with Crippen LogP contribution in [0.25, 0.3) is 0 Å². The maximum absolute atomic E-state index is 11.8. The zero-order valence-electron chi connectivity index (χ0n) is 9.51. The summed E-state index contributed by atoms with van der Waals surface area (Å²) in [5.74, 6) is -0.497. The van der Waals surface area contributed by atoms with Crippen molar-refractivity contribution in [3.63, 3.8) is 0 Å². The molecule has 0 aromatic heterocycles. The second-order valence-corrected chi connectivity index (χ2v) is 4.13. The van der Waals surface area contributed by atoms with Gasteiger partial charge in [0.25, 0.3) is 11.6 Å². The van der Waals surface area contributed by atoms with Crippen LogP contribution in [0.1, 0.15) is 23.7 Å². The minimum Gasteiger partial charge on any atom is -0.349 e. The Bertz CT molecular complexity index is 525. The van der Waals surface area contributed by atoms with Crippen LogP contribution in [-0.2, 0) is 0 Å². The number of hydrogen-bond acceptors (Lipinski definition) is 4. The predicted molar refractivity (Wildman–Crippen MR) is 65.3 cm³/mol. The quantitative estimate of drug-likeness (QED) is 0.668. The molecular weight excluding hydrogens is 258 g/mol. The van der Waals surface area contributed by atoms with Gasteiger partial charge in [-0.3, -0.25) is 14.9 Å². The zero-order valence-corrected chi connectivity index (χ0v) is 10.3. The molecule has 0 radical (unpaired) electrons. The van der Waals surface area contributed by atoms with Gasteiger partial charge < -0.3 is 5.32 Å². The first-order valence-electron chi connectivity index (χ1n) is 5.07. The van der Waals surface area contributed by atoms with E-state index in [1.54, 1.807) is 6.92 Å². The van der Waals surface area contributed by atoms with Gasteiger partial charge >= 0.3 is 0 Å². The Hall–Kier alpha value is -2.13. The number of non-ortho nitro benzene ring substituents is 1. The monoisotopic (exact) mass is 267 g/mol. The second-order valence-electron chi connectivity index (χ2n) is 3.69. The fraction of sp³-hybridized carbons (Fsp3) is 0.273. The second kappa shape index (κ2) is 5.98. The van der Waals surface area contributed by atoms with Crippen LogP contribution in [0.15, 0.2) is 18.2 Å². The van der Waals surface area contributed by atoms with Crippen molar-refractivity contribution in [1.29, 1.82) is 5.26 Å². The molecule has 0 saturated carbocycles. The molecule has 1 unspecified atom stereocenters. The molecule has 0 aliphatic carbocycles. The van der Waals surface area contributed by atoms with E-state index >= 15 is 0 Å². The number of hydrogen-bond donors (Lipinski definition) is 1. The molecule has 0 bridgehead atoms. The van der Waals surface area contributed by atoms with Crippen molar-refractivity contribution in [2.75, 3.05) is 0 Å². The van der Waals surface area contributed by atoms with Crippen molar-refractivity contribution in [1.82, 2.24) is 5.32 Å². The Balaban J connectivity index is 2.93. The lowest BCUT2D eigenvalue weighted by Crippen LogP contribution is -2.32. The number of nitrogens with one attached hydrogen (secondary N) is 1. The molecule has 1 aromatic carbocycles. The van der Waals surface area contributed by atoms with Gasteiger partial charge in [-0.25, -0.2) is 0 Å². The third kappa shape index (κ3) is 3.71. The Kier molecular flexibility index (Phi) is 4.63. The number of amides is 1. The van der Waals surface area contributed by atoms with E-state index in [0.717, 1.165) is 12.1 Å². The van der Waals surface area contributed by atoms with Crippen molar-refractivity contribution in [2.45, 2.75) is 19.4 Å². The molecule has 7 heteroatoms. The van der Waals surface area contributed by atoms with Crippen LogP contribution >= 0.6 is 11.6 Å². The third-order valence-electron chi connectivity index (χ3n) is 2.13. The number of rotatable bonds is 4. The fourth-order valence-corrected chi connectivity index (χ4v) is 1.54. The lowest BCUT2D eigenvalue weighted by atomic mass is 10.1. The van der Waals surface area contributed by atoms with E-state index in [4.69, 9.17) is 16.9 Å². The molecular formula is C11H10ClN3O3. The molecule has 0 aliphatic rings. The fourth-order valence-electron chi connectivity index (χ4n) is 1.31. The van der Waals surface area contributed by atoms with Gasteiger partial charge in [-0.05, 0) is 13.0 Å². The molecule has 1 amide bonds. The summed E-state index contributed by atoms with van der Waals surface area (Å²) in [6.07, 6.45) is 0.161. The van der Waals surface area contributed by atoms with E-state index in [-0.39, 0.29) is 28.7 Å². The topological polar surface area (TPSA) is 96.0 Å². The lowest BCUT2D eigenvalue weighted by Gasteiger charge is -2.10. The smallest absolute Gasteiger partial charge is 0.271 e. The average molecular weight is 268 g/mol. The molecule has 6 nitrogen and oxygen atoms in total. The highest BCUT2D eigenvalue weighted by Crippen LogP contribution is 2.20. The van der Waals surface area contributed by atoms with Crippen molar-refractivity contribution in [2.24, 2.45) is 0 Å². The molecule has 1 atom stereocenters. The number of nitro benzene ring substituents is 1. The van der Waals surface area contributed by atoms with Gasteiger partial charge in [-0.15, -0.1) is 0 Å². The van der Waals surface area contributed by atoms with Crippen molar-refractivity contribution < 1.29 is 9.72 Å². The molecule has 18 heavy (non-hydrogen) atoms. The zero-order chi connectivity index (χ0) is 13.7. The summed E-state index contributed by atoms with van der Waals surface area (Å²) < 4.78 is 0. The van der Waals surface area contributed by atoms with E-state index in [0.29, 0.717) is 0 Å². The molecule has 1 aromatic rings. The van der Waals surface area contributed by atoms with E-state index in [1.165, 1.54) is 6.07 Å². The SMILES string of the molecule is CC(CC#N)NC(=O)c1cc(Cl)cc([N+](=O)[O-])c1. The van der Waals surface area contributed by atoms with Crippen molar-refractivity contribution >= 4 is 23.2 Å².